The number of nitrogens with one attached hydrogen (secondary N) is 1. The van der Waals surface area contributed by atoms with Crippen LogP contribution >= 0.6 is 0 Å². The molecule has 1 aliphatic heterocycles. The average molecular weight is 489 g/mol. The van der Waals surface area contributed by atoms with Gasteiger partial charge >= 0.3 is 5.69 Å². The van der Waals surface area contributed by atoms with Gasteiger partial charge in [0.2, 0.25) is 0 Å². The van der Waals surface area contributed by atoms with E-state index >= 15 is 4.39 Å². The first-order chi connectivity index (χ1) is 17.5. The third kappa shape index (κ3) is 4.30. The molecule has 5 rings (SSSR count). The van der Waals surface area contributed by atoms with Crippen LogP contribution in [0.25, 0.3) is 0 Å². The molecule has 0 spiro atoms. The van der Waals surface area contributed by atoms with E-state index < -0.39 is 41.5 Å². The average Bonchev–Trinajstić information content (AvgIpc) is 3.19. The quantitative estimate of drug-likeness (QED) is 0.390. The maximum absolute atomic E-state index is 15.1. The number of alkyl halides is 1. The van der Waals surface area contributed by atoms with Crippen molar-refractivity contribution in [1.82, 2.24) is 9.55 Å². The molecule has 36 heavy (non-hydrogen) atoms. The van der Waals surface area contributed by atoms with Crippen molar-refractivity contribution in [1.29, 1.82) is 0 Å². The highest BCUT2D eigenvalue weighted by molar-refractivity contribution is 5.47. The molecule has 1 aromatic heterocycles. The Morgan fingerprint density at radius 3 is 1.83 bits per heavy atom. The van der Waals surface area contributed by atoms with Crippen LogP contribution in [0.3, 0.4) is 0 Å². The number of benzene rings is 3. The maximum atomic E-state index is 15.1. The lowest BCUT2D eigenvalue weighted by Gasteiger charge is -2.37. The summed E-state index contributed by atoms with van der Waals surface area (Å²) in [5.41, 5.74) is 0.0332. The molecule has 184 valence electrons. The maximum Gasteiger partial charge on any atom is 0.330 e. The molecule has 1 saturated heterocycles. The normalized spacial score (nSPS) is 21.9. The summed E-state index contributed by atoms with van der Waals surface area (Å²) in [7, 11) is 0. The number of nitrogens with zero attached hydrogens (tertiary/aromatic N) is 1. The van der Waals surface area contributed by atoms with Crippen molar-refractivity contribution in [3.05, 3.63) is 141 Å². The van der Waals surface area contributed by atoms with Crippen molar-refractivity contribution in [3.8, 4) is 0 Å². The molecule has 7 nitrogen and oxygen atoms in total. The molecule has 8 heteroatoms. The van der Waals surface area contributed by atoms with Crippen LogP contribution in [0, 0.1) is 0 Å². The summed E-state index contributed by atoms with van der Waals surface area (Å²) < 4.78 is 28.4. The molecule has 0 aliphatic carbocycles. The van der Waals surface area contributed by atoms with Gasteiger partial charge in [-0.2, -0.15) is 0 Å². The van der Waals surface area contributed by atoms with E-state index in [4.69, 9.17) is 9.47 Å². The van der Waals surface area contributed by atoms with Crippen LogP contribution in [0.1, 0.15) is 22.9 Å². The van der Waals surface area contributed by atoms with Gasteiger partial charge in [0, 0.05) is 12.3 Å². The number of H-pyrrole nitrogens is 1. The molecule has 1 unspecified atom stereocenters. The number of halogens is 1. The number of hydrogen-bond donors (Lipinski definition) is 2. The Balaban J connectivity index is 1.52. The second-order valence-electron chi connectivity index (χ2n) is 8.61. The lowest BCUT2D eigenvalue weighted by atomic mass is 9.80. The van der Waals surface area contributed by atoms with Gasteiger partial charge in [-0.15, -0.1) is 0 Å². The number of aliphatic hydroxyl groups excluding tert-OH is 1. The van der Waals surface area contributed by atoms with Gasteiger partial charge in [0.15, 0.2) is 12.4 Å². The zero-order chi connectivity index (χ0) is 25.1. The highest BCUT2D eigenvalue weighted by Gasteiger charge is 2.47. The van der Waals surface area contributed by atoms with Gasteiger partial charge in [0.1, 0.15) is 17.8 Å². The molecule has 0 bridgehead atoms. The Morgan fingerprint density at radius 2 is 1.36 bits per heavy atom. The molecule has 1 aliphatic rings. The minimum atomic E-state index is -1.90. The highest BCUT2D eigenvalue weighted by Crippen LogP contribution is 2.41. The topological polar surface area (TPSA) is 93.5 Å². The minimum absolute atomic E-state index is 0.172. The third-order valence-electron chi connectivity index (χ3n) is 6.42. The standard InChI is InChI=1S/C28H25FN2O5/c29-24-25(33)22(36-26(24)31-17-16-23(32)30-27(31)34)18-35-28(19-10-4-1-5-11-19,20-12-6-2-7-13-20)21-14-8-3-9-15-21/h1-17,22,24-26,33H,18H2,(H,30,32,34)/t22-,24?,25+,26-/m1/s1. The Morgan fingerprint density at radius 1 is 0.861 bits per heavy atom. The van der Waals surface area contributed by atoms with Crippen molar-refractivity contribution < 1.29 is 19.0 Å². The molecule has 0 saturated carbocycles. The lowest BCUT2D eigenvalue weighted by Crippen LogP contribution is -2.39. The summed E-state index contributed by atoms with van der Waals surface area (Å²) in [6, 6.07) is 30.0. The number of ether oxygens (including phenoxy) is 2. The van der Waals surface area contributed by atoms with Crippen LogP contribution in [0.4, 0.5) is 4.39 Å². The van der Waals surface area contributed by atoms with Gasteiger partial charge in [-0.25, -0.2) is 9.18 Å². The molecular formula is C28H25FN2O5. The van der Waals surface area contributed by atoms with E-state index in [0.717, 1.165) is 33.5 Å². The van der Waals surface area contributed by atoms with Gasteiger partial charge in [0.05, 0.1) is 6.61 Å². The molecule has 2 heterocycles. The Hall–Kier alpha value is -3.85. The van der Waals surface area contributed by atoms with Crippen molar-refractivity contribution in [2.75, 3.05) is 6.61 Å². The van der Waals surface area contributed by atoms with Crippen LogP contribution in [-0.4, -0.2) is 39.6 Å². The number of rotatable bonds is 7. The number of aromatic nitrogens is 2. The second kappa shape index (κ2) is 10.0. The Labute approximate surface area is 206 Å². The van der Waals surface area contributed by atoms with Gasteiger partial charge in [0.25, 0.3) is 5.56 Å². The molecule has 1 fully saturated rings. The van der Waals surface area contributed by atoms with Gasteiger partial charge in [-0.1, -0.05) is 91.0 Å². The third-order valence-corrected chi connectivity index (χ3v) is 6.42. The highest BCUT2D eigenvalue weighted by atomic mass is 19.1. The van der Waals surface area contributed by atoms with E-state index in [1.807, 2.05) is 91.0 Å². The summed E-state index contributed by atoms with van der Waals surface area (Å²) in [6.45, 7) is -0.172. The fourth-order valence-electron chi connectivity index (χ4n) is 4.67. The fraction of sp³-hybridized carbons (Fsp3) is 0.214. The van der Waals surface area contributed by atoms with E-state index in [-0.39, 0.29) is 6.61 Å². The van der Waals surface area contributed by atoms with Gasteiger partial charge in [-0.05, 0) is 16.7 Å². The molecule has 0 amide bonds. The number of aromatic amines is 1. The lowest BCUT2D eigenvalue weighted by molar-refractivity contribution is -0.0950. The summed E-state index contributed by atoms with van der Waals surface area (Å²) >= 11 is 0. The summed E-state index contributed by atoms with van der Waals surface area (Å²) in [5, 5.41) is 10.7. The van der Waals surface area contributed by atoms with Crippen LogP contribution in [0.15, 0.2) is 113 Å². The first-order valence-corrected chi connectivity index (χ1v) is 11.6. The Bertz CT molecular complexity index is 1310. The number of aliphatic hydroxyl groups is 1. The zero-order valence-corrected chi connectivity index (χ0v) is 19.2. The van der Waals surface area contributed by atoms with E-state index in [1.165, 1.54) is 0 Å². The second-order valence-corrected chi connectivity index (χ2v) is 8.61. The minimum Gasteiger partial charge on any atom is -0.387 e. The van der Waals surface area contributed by atoms with Gasteiger partial charge < -0.3 is 14.6 Å². The Kier molecular flexibility index (Phi) is 6.65. The van der Waals surface area contributed by atoms with Crippen LogP contribution < -0.4 is 11.2 Å². The van der Waals surface area contributed by atoms with E-state index in [0.29, 0.717) is 0 Å². The number of hydrogen-bond acceptors (Lipinski definition) is 5. The summed E-state index contributed by atoms with van der Waals surface area (Å²) in [4.78, 5) is 25.7. The van der Waals surface area contributed by atoms with Gasteiger partial charge in [-0.3, -0.25) is 14.3 Å². The molecule has 0 radical (unpaired) electrons. The predicted molar refractivity (Wildman–Crippen MR) is 131 cm³/mol. The summed E-state index contributed by atoms with van der Waals surface area (Å²) in [5.74, 6) is 0. The van der Waals surface area contributed by atoms with Crippen molar-refractivity contribution in [2.24, 2.45) is 0 Å². The molecule has 4 aromatic rings. The fourth-order valence-corrected chi connectivity index (χ4v) is 4.67. The van der Waals surface area contributed by atoms with E-state index in [1.54, 1.807) is 0 Å². The van der Waals surface area contributed by atoms with E-state index in [9.17, 15) is 14.7 Å². The van der Waals surface area contributed by atoms with E-state index in [2.05, 4.69) is 4.98 Å². The predicted octanol–water partition coefficient (Wildman–Crippen LogP) is 3.14. The van der Waals surface area contributed by atoms with Crippen molar-refractivity contribution >= 4 is 0 Å². The molecule has 2 N–H and O–H groups in total. The largest absolute Gasteiger partial charge is 0.387 e. The molecule has 3 aromatic carbocycles. The van der Waals surface area contributed by atoms with Crippen LogP contribution in [0.2, 0.25) is 0 Å². The monoisotopic (exact) mass is 488 g/mol. The van der Waals surface area contributed by atoms with Crippen molar-refractivity contribution in [2.45, 2.75) is 30.2 Å². The first-order valence-electron chi connectivity index (χ1n) is 11.6. The molecule has 4 atom stereocenters. The SMILES string of the molecule is O=c1ccn([C@@H]2O[C@H](COC(c3ccccc3)(c3ccccc3)c3ccccc3)[C@H](O)C2F)c(=O)[nH]1. The van der Waals surface area contributed by atoms with Crippen LogP contribution in [-0.2, 0) is 15.1 Å². The van der Waals surface area contributed by atoms with Crippen molar-refractivity contribution in [3.63, 3.8) is 0 Å². The smallest absolute Gasteiger partial charge is 0.330 e. The van der Waals surface area contributed by atoms with Crippen LogP contribution in [0.5, 0.6) is 0 Å². The zero-order valence-electron chi connectivity index (χ0n) is 19.2. The first kappa shape index (κ1) is 23.9. The molecular weight excluding hydrogens is 463 g/mol. The summed E-state index contributed by atoms with van der Waals surface area (Å²) in [6.07, 6.45) is -4.77.